The van der Waals surface area contributed by atoms with Gasteiger partial charge in [0.15, 0.2) is 0 Å². The van der Waals surface area contributed by atoms with Gasteiger partial charge in [0.1, 0.15) is 11.5 Å². The van der Waals surface area contributed by atoms with Gasteiger partial charge in [0.2, 0.25) is 0 Å². The molecule has 2 aromatic rings. The van der Waals surface area contributed by atoms with Gasteiger partial charge in [0.25, 0.3) is 0 Å². The van der Waals surface area contributed by atoms with Crippen LogP contribution < -0.4 is 0 Å². The molecule has 16 heavy (non-hydrogen) atoms. The molecule has 0 aliphatic carbocycles. The Morgan fingerprint density at radius 2 is 1.62 bits per heavy atom. The maximum Gasteiger partial charge on any atom is 0.134 e. The van der Waals surface area contributed by atoms with E-state index in [-0.39, 0.29) is 0 Å². The smallest absolute Gasteiger partial charge is 0.134 e. The van der Waals surface area contributed by atoms with Gasteiger partial charge >= 0.3 is 0 Å². The minimum absolute atomic E-state index is 0.578. The Labute approximate surface area is 97.1 Å². The molecule has 84 valence electrons. The van der Waals surface area contributed by atoms with Crippen LogP contribution in [0.4, 0.5) is 0 Å². The molecule has 0 radical (unpaired) electrons. The van der Waals surface area contributed by atoms with Crippen molar-refractivity contribution in [2.45, 2.75) is 33.6 Å². The van der Waals surface area contributed by atoms with E-state index < -0.39 is 0 Å². The lowest BCUT2D eigenvalue weighted by Crippen LogP contribution is -1.85. The zero-order chi connectivity index (χ0) is 11.7. The van der Waals surface area contributed by atoms with Crippen LogP contribution in [0.5, 0.6) is 0 Å². The first-order chi connectivity index (χ1) is 7.58. The normalized spacial score (nSPS) is 11.1. The van der Waals surface area contributed by atoms with Gasteiger partial charge in [-0.05, 0) is 37.0 Å². The minimum atomic E-state index is 0.578. The Morgan fingerprint density at radius 1 is 1.00 bits per heavy atom. The first-order valence-electron chi connectivity index (χ1n) is 5.75. The van der Waals surface area contributed by atoms with Crippen molar-refractivity contribution in [3.05, 3.63) is 47.2 Å². The van der Waals surface area contributed by atoms with E-state index in [9.17, 15) is 0 Å². The Hall–Kier alpha value is -1.50. The van der Waals surface area contributed by atoms with E-state index >= 15 is 0 Å². The van der Waals surface area contributed by atoms with Crippen LogP contribution in [0, 0.1) is 13.8 Å². The minimum Gasteiger partial charge on any atom is -0.461 e. The van der Waals surface area contributed by atoms with Crippen LogP contribution in [-0.4, -0.2) is 0 Å². The zero-order valence-electron chi connectivity index (χ0n) is 10.4. The number of aryl methyl sites for hydroxylation is 2. The van der Waals surface area contributed by atoms with Gasteiger partial charge in [0.05, 0.1) is 0 Å². The average Bonchev–Trinajstić information content (AvgIpc) is 2.59. The van der Waals surface area contributed by atoms with Crippen molar-refractivity contribution in [1.82, 2.24) is 0 Å². The van der Waals surface area contributed by atoms with Crippen LogP contribution in [0.15, 0.2) is 34.7 Å². The monoisotopic (exact) mass is 214 g/mol. The lowest BCUT2D eigenvalue weighted by atomic mass is 10.0. The van der Waals surface area contributed by atoms with Gasteiger partial charge in [0, 0.05) is 5.56 Å². The van der Waals surface area contributed by atoms with E-state index in [0.29, 0.717) is 5.92 Å². The SMILES string of the molecule is Cc1cc(-c2ccc(C(C)C)cc2)oc1C. The summed E-state index contributed by atoms with van der Waals surface area (Å²) in [5.41, 5.74) is 3.73. The van der Waals surface area contributed by atoms with E-state index in [0.717, 1.165) is 17.1 Å². The second-order valence-electron chi connectivity index (χ2n) is 4.63. The van der Waals surface area contributed by atoms with Crippen molar-refractivity contribution in [2.75, 3.05) is 0 Å². The molecule has 0 N–H and O–H groups in total. The lowest BCUT2D eigenvalue weighted by molar-refractivity contribution is 0.545. The van der Waals surface area contributed by atoms with Gasteiger partial charge in [-0.1, -0.05) is 38.1 Å². The third kappa shape index (κ3) is 2.04. The number of furan rings is 1. The van der Waals surface area contributed by atoms with Gasteiger partial charge in [-0.3, -0.25) is 0 Å². The van der Waals surface area contributed by atoms with Crippen LogP contribution in [0.1, 0.15) is 36.7 Å². The molecule has 2 rings (SSSR count). The Balaban J connectivity index is 2.34. The molecule has 0 spiro atoms. The molecule has 0 saturated carbocycles. The number of rotatable bonds is 2. The van der Waals surface area contributed by atoms with Gasteiger partial charge in [-0.15, -0.1) is 0 Å². The molecule has 0 fully saturated rings. The molecule has 0 saturated heterocycles. The summed E-state index contributed by atoms with van der Waals surface area (Å²) in [4.78, 5) is 0. The van der Waals surface area contributed by atoms with E-state index in [1.807, 2.05) is 6.92 Å². The molecule has 0 bridgehead atoms. The van der Waals surface area contributed by atoms with Crippen LogP contribution in [0.2, 0.25) is 0 Å². The predicted octanol–water partition coefficient (Wildman–Crippen LogP) is 4.69. The lowest BCUT2D eigenvalue weighted by Gasteiger charge is -2.05. The molecule has 0 aliphatic heterocycles. The highest BCUT2D eigenvalue weighted by atomic mass is 16.3. The van der Waals surface area contributed by atoms with E-state index in [1.165, 1.54) is 11.1 Å². The fourth-order valence-corrected chi connectivity index (χ4v) is 1.75. The van der Waals surface area contributed by atoms with E-state index in [2.05, 4.69) is 51.1 Å². The first-order valence-corrected chi connectivity index (χ1v) is 5.75. The molecular weight excluding hydrogens is 196 g/mol. The third-order valence-corrected chi connectivity index (χ3v) is 3.03. The van der Waals surface area contributed by atoms with Crippen LogP contribution in [-0.2, 0) is 0 Å². The van der Waals surface area contributed by atoms with Crippen molar-refractivity contribution >= 4 is 0 Å². The summed E-state index contributed by atoms with van der Waals surface area (Å²) in [5, 5.41) is 0. The molecule has 1 heteroatoms. The second kappa shape index (κ2) is 4.17. The first kappa shape index (κ1) is 11.0. The van der Waals surface area contributed by atoms with Gasteiger partial charge in [-0.25, -0.2) is 0 Å². The van der Waals surface area contributed by atoms with Crippen LogP contribution in [0.3, 0.4) is 0 Å². The van der Waals surface area contributed by atoms with Crippen molar-refractivity contribution in [3.8, 4) is 11.3 Å². The highest BCUT2D eigenvalue weighted by Crippen LogP contribution is 2.26. The molecular formula is C15H18O. The highest BCUT2D eigenvalue weighted by molar-refractivity contribution is 5.59. The molecule has 1 aromatic carbocycles. The summed E-state index contributed by atoms with van der Waals surface area (Å²) in [5.74, 6) is 2.54. The number of hydrogen-bond acceptors (Lipinski definition) is 1. The largest absolute Gasteiger partial charge is 0.461 e. The standard InChI is InChI=1S/C15H18O/c1-10(2)13-5-7-14(8-6-13)15-9-11(3)12(4)16-15/h5-10H,1-4H3. The Bertz CT molecular complexity index is 455. The van der Waals surface area contributed by atoms with Crippen molar-refractivity contribution in [1.29, 1.82) is 0 Å². The Kier molecular flexibility index (Phi) is 2.86. The average molecular weight is 214 g/mol. The fraction of sp³-hybridized carbons (Fsp3) is 0.333. The summed E-state index contributed by atoms with van der Waals surface area (Å²) >= 11 is 0. The Morgan fingerprint density at radius 3 is 2.06 bits per heavy atom. The van der Waals surface area contributed by atoms with E-state index in [4.69, 9.17) is 4.42 Å². The maximum atomic E-state index is 5.70. The molecule has 0 amide bonds. The second-order valence-corrected chi connectivity index (χ2v) is 4.63. The summed E-state index contributed by atoms with van der Waals surface area (Å²) in [6.45, 7) is 8.48. The molecule has 1 aromatic heterocycles. The maximum absolute atomic E-state index is 5.70. The van der Waals surface area contributed by atoms with Crippen molar-refractivity contribution < 1.29 is 4.42 Å². The van der Waals surface area contributed by atoms with Gasteiger partial charge < -0.3 is 4.42 Å². The van der Waals surface area contributed by atoms with Gasteiger partial charge in [-0.2, -0.15) is 0 Å². The topological polar surface area (TPSA) is 13.1 Å². The zero-order valence-corrected chi connectivity index (χ0v) is 10.4. The fourth-order valence-electron chi connectivity index (χ4n) is 1.75. The van der Waals surface area contributed by atoms with Crippen LogP contribution in [0.25, 0.3) is 11.3 Å². The number of hydrogen-bond donors (Lipinski definition) is 0. The van der Waals surface area contributed by atoms with Crippen LogP contribution >= 0.6 is 0 Å². The summed E-state index contributed by atoms with van der Waals surface area (Å²) in [6, 6.07) is 10.7. The molecule has 1 nitrogen and oxygen atoms in total. The molecule has 1 heterocycles. The molecule has 0 atom stereocenters. The number of benzene rings is 1. The summed E-state index contributed by atoms with van der Waals surface area (Å²) in [6.07, 6.45) is 0. The summed E-state index contributed by atoms with van der Waals surface area (Å²) in [7, 11) is 0. The molecule has 0 unspecified atom stereocenters. The predicted molar refractivity (Wildman–Crippen MR) is 67.7 cm³/mol. The highest BCUT2D eigenvalue weighted by Gasteiger charge is 2.06. The quantitative estimate of drug-likeness (QED) is 0.707. The molecule has 0 aliphatic rings. The van der Waals surface area contributed by atoms with Crippen molar-refractivity contribution in [3.63, 3.8) is 0 Å². The van der Waals surface area contributed by atoms with Crippen molar-refractivity contribution in [2.24, 2.45) is 0 Å². The van der Waals surface area contributed by atoms with E-state index in [1.54, 1.807) is 0 Å². The third-order valence-electron chi connectivity index (χ3n) is 3.03. The summed E-state index contributed by atoms with van der Waals surface area (Å²) < 4.78 is 5.70.